The Morgan fingerprint density at radius 2 is 1.19 bits per heavy atom. The molecule has 0 aromatic rings. The molecule has 0 bridgehead atoms. The van der Waals surface area contributed by atoms with Gasteiger partial charge in [-0.3, -0.25) is 0 Å². The van der Waals surface area contributed by atoms with Crippen LogP contribution in [0.4, 0.5) is 0 Å². The molecule has 2 rings (SSSR count). The monoisotopic (exact) mass is 292 g/mol. The lowest BCUT2D eigenvalue weighted by Gasteiger charge is -2.32. The lowest BCUT2D eigenvalue weighted by molar-refractivity contribution is 0.191. The highest BCUT2D eigenvalue weighted by molar-refractivity contribution is 4.78. The van der Waals surface area contributed by atoms with Crippen molar-refractivity contribution in [1.82, 2.24) is 0 Å². The lowest BCUT2D eigenvalue weighted by Crippen LogP contribution is -2.21. The molecule has 21 heavy (non-hydrogen) atoms. The van der Waals surface area contributed by atoms with Gasteiger partial charge in [0.05, 0.1) is 0 Å². The summed E-state index contributed by atoms with van der Waals surface area (Å²) in [7, 11) is 0. The molecule has 0 aromatic carbocycles. The molecule has 0 spiro atoms. The van der Waals surface area contributed by atoms with Crippen LogP contribution in [-0.4, -0.2) is 0 Å². The Hall–Kier alpha value is 0. The van der Waals surface area contributed by atoms with Crippen LogP contribution in [-0.2, 0) is 0 Å². The van der Waals surface area contributed by atoms with Crippen LogP contribution in [0.2, 0.25) is 0 Å². The Morgan fingerprint density at radius 1 is 0.714 bits per heavy atom. The molecule has 2 saturated carbocycles. The van der Waals surface area contributed by atoms with E-state index in [0.29, 0.717) is 0 Å². The Bertz CT molecular complexity index is 241. The maximum atomic E-state index is 2.59. The maximum absolute atomic E-state index is 2.59. The van der Waals surface area contributed by atoms with Crippen molar-refractivity contribution in [2.45, 2.75) is 110 Å². The minimum Gasteiger partial charge on any atom is -0.0654 e. The minimum absolute atomic E-state index is 0.989. The van der Waals surface area contributed by atoms with Gasteiger partial charge in [-0.05, 0) is 30.1 Å². The summed E-state index contributed by atoms with van der Waals surface area (Å²) in [5.74, 6) is 4.16. The van der Waals surface area contributed by atoms with Crippen molar-refractivity contribution in [3.8, 4) is 0 Å². The zero-order chi connectivity index (χ0) is 14.9. The number of hydrogen-bond donors (Lipinski definition) is 0. The third-order valence-electron chi connectivity index (χ3n) is 6.61. The minimum atomic E-state index is 0.989. The first kappa shape index (κ1) is 17.4. The maximum Gasteiger partial charge on any atom is -0.0383 e. The fraction of sp³-hybridized carbons (Fsp3) is 1.00. The highest BCUT2D eigenvalue weighted by atomic mass is 14.3. The third kappa shape index (κ3) is 5.95. The average Bonchev–Trinajstić information content (AvgIpc) is 2.91. The van der Waals surface area contributed by atoms with E-state index in [-0.39, 0.29) is 0 Å². The molecule has 0 N–H and O–H groups in total. The van der Waals surface area contributed by atoms with Crippen LogP contribution in [0, 0.1) is 23.7 Å². The van der Waals surface area contributed by atoms with Gasteiger partial charge in [-0.15, -0.1) is 0 Å². The summed E-state index contributed by atoms with van der Waals surface area (Å²) in [6.07, 6.45) is 22.7. The second-order valence-corrected chi connectivity index (χ2v) is 8.27. The normalized spacial score (nSPS) is 26.0. The average molecular weight is 293 g/mol. The van der Waals surface area contributed by atoms with Gasteiger partial charge in [-0.1, -0.05) is 104 Å². The van der Waals surface area contributed by atoms with Crippen LogP contribution in [0.25, 0.3) is 0 Å². The molecule has 0 heterocycles. The van der Waals surface area contributed by atoms with E-state index in [2.05, 4.69) is 13.8 Å². The van der Waals surface area contributed by atoms with Crippen LogP contribution < -0.4 is 0 Å². The van der Waals surface area contributed by atoms with Gasteiger partial charge < -0.3 is 0 Å². The Labute approximate surface area is 134 Å². The van der Waals surface area contributed by atoms with Gasteiger partial charge in [-0.2, -0.15) is 0 Å². The molecule has 0 heteroatoms. The van der Waals surface area contributed by atoms with E-state index >= 15 is 0 Å². The standard InChI is InChI=1S/C21H40/c1-3-12-21(20-15-10-6-7-11-16-20)17-18(2)19-13-8-4-5-9-14-19/h18-21H,3-17H2,1-2H3. The van der Waals surface area contributed by atoms with E-state index in [1.54, 1.807) is 19.3 Å². The van der Waals surface area contributed by atoms with Crippen LogP contribution in [0.1, 0.15) is 110 Å². The van der Waals surface area contributed by atoms with Crippen molar-refractivity contribution in [3.63, 3.8) is 0 Å². The summed E-state index contributed by atoms with van der Waals surface area (Å²) in [4.78, 5) is 0. The zero-order valence-electron chi connectivity index (χ0n) is 14.9. The molecule has 0 aliphatic heterocycles. The first-order valence-electron chi connectivity index (χ1n) is 10.3. The van der Waals surface area contributed by atoms with Gasteiger partial charge in [-0.25, -0.2) is 0 Å². The summed E-state index contributed by atoms with van der Waals surface area (Å²) in [5.41, 5.74) is 0. The zero-order valence-corrected chi connectivity index (χ0v) is 14.9. The Balaban J connectivity index is 1.87. The van der Waals surface area contributed by atoms with E-state index in [1.165, 1.54) is 77.0 Å². The second-order valence-electron chi connectivity index (χ2n) is 8.27. The molecule has 2 fully saturated rings. The molecule has 0 aromatic heterocycles. The topological polar surface area (TPSA) is 0 Å². The number of hydrogen-bond acceptors (Lipinski definition) is 0. The molecule has 0 saturated heterocycles. The molecule has 2 aliphatic carbocycles. The highest BCUT2D eigenvalue weighted by Crippen LogP contribution is 2.39. The van der Waals surface area contributed by atoms with Gasteiger partial charge in [0.1, 0.15) is 0 Å². The molecule has 2 aliphatic rings. The second kappa shape index (κ2) is 9.90. The lowest BCUT2D eigenvalue weighted by atomic mass is 9.74. The van der Waals surface area contributed by atoms with E-state index in [4.69, 9.17) is 0 Å². The van der Waals surface area contributed by atoms with Crippen molar-refractivity contribution < 1.29 is 0 Å². The van der Waals surface area contributed by atoms with Gasteiger partial charge in [0.15, 0.2) is 0 Å². The van der Waals surface area contributed by atoms with Crippen LogP contribution in [0.5, 0.6) is 0 Å². The van der Waals surface area contributed by atoms with Crippen LogP contribution >= 0.6 is 0 Å². The third-order valence-corrected chi connectivity index (χ3v) is 6.61. The van der Waals surface area contributed by atoms with E-state index in [0.717, 1.165) is 23.7 Å². The smallest absolute Gasteiger partial charge is 0.0383 e. The summed E-state index contributed by atoms with van der Waals surface area (Å²) in [6, 6.07) is 0. The van der Waals surface area contributed by atoms with Gasteiger partial charge in [0.2, 0.25) is 0 Å². The SMILES string of the molecule is CCCC(CC(C)C1CCCCCC1)C1CCCCCC1. The molecular weight excluding hydrogens is 252 g/mol. The molecule has 0 radical (unpaired) electrons. The van der Waals surface area contributed by atoms with Crippen molar-refractivity contribution >= 4 is 0 Å². The van der Waals surface area contributed by atoms with Crippen molar-refractivity contribution in [1.29, 1.82) is 0 Å². The van der Waals surface area contributed by atoms with E-state index in [1.807, 2.05) is 0 Å². The fourth-order valence-electron chi connectivity index (χ4n) is 5.25. The van der Waals surface area contributed by atoms with E-state index in [9.17, 15) is 0 Å². The molecular formula is C21H40. The predicted octanol–water partition coefficient (Wildman–Crippen LogP) is 7.37. The Kier molecular flexibility index (Phi) is 8.19. The molecule has 0 nitrogen and oxygen atoms in total. The molecule has 124 valence electrons. The molecule has 2 atom stereocenters. The van der Waals surface area contributed by atoms with Gasteiger partial charge >= 0.3 is 0 Å². The molecule has 0 amide bonds. The first-order valence-corrected chi connectivity index (χ1v) is 10.3. The molecule has 2 unspecified atom stereocenters. The fourth-order valence-corrected chi connectivity index (χ4v) is 5.25. The van der Waals surface area contributed by atoms with E-state index < -0.39 is 0 Å². The van der Waals surface area contributed by atoms with Crippen molar-refractivity contribution in [2.24, 2.45) is 23.7 Å². The predicted molar refractivity (Wildman–Crippen MR) is 94.6 cm³/mol. The summed E-state index contributed by atoms with van der Waals surface area (Å²) < 4.78 is 0. The number of rotatable bonds is 6. The summed E-state index contributed by atoms with van der Waals surface area (Å²) in [6.45, 7) is 5.00. The van der Waals surface area contributed by atoms with Crippen LogP contribution in [0.15, 0.2) is 0 Å². The summed E-state index contributed by atoms with van der Waals surface area (Å²) in [5, 5.41) is 0. The van der Waals surface area contributed by atoms with Gasteiger partial charge in [0.25, 0.3) is 0 Å². The van der Waals surface area contributed by atoms with Gasteiger partial charge in [0, 0.05) is 0 Å². The first-order chi connectivity index (χ1) is 10.3. The van der Waals surface area contributed by atoms with Crippen molar-refractivity contribution in [2.75, 3.05) is 0 Å². The quantitative estimate of drug-likeness (QED) is 0.448. The van der Waals surface area contributed by atoms with Crippen molar-refractivity contribution in [3.05, 3.63) is 0 Å². The Morgan fingerprint density at radius 3 is 1.67 bits per heavy atom. The summed E-state index contributed by atoms with van der Waals surface area (Å²) >= 11 is 0. The van der Waals surface area contributed by atoms with Crippen LogP contribution in [0.3, 0.4) is 0 Å². The highest BCUT2D eigenvalue weighted by Gasteiger charge is 2.27. The largest absolute Gasteiger partial charge is 0.0654 e.